The first-order chi connectivity index (χ1) is 9.45. The van der Waals surface area contributed by atoms with Gasteiger partial charge < -0.3 is 15.4 Å². The zero-order valence-electron chi connectivity index (χ0n) is 11.8. The molecule has 3 nitrogen and oxygen atoms in total. The zero-order chi connectivity index (χ0) is 14.7. The van der Waals surface area contributed by atoms with E-state index in [9.17, 15) is 0 Å². The molecule has 0 bridgehead atoms. The molecule has 0 spiro atoms. The van der Waals surface area contributed by atoms with E-state index in [2.05, 4.69) is 4.90 Å². The van der Waals surface area contributed by atoms with Crippen molar-refractivity contribution in [1.82, 2.24) is 4.90 Å². The number of nitrogens with zero attached hydrogens (tertiary/aromatic N) is 1. The molecule has 2 aromatic carbocycles. The Labute approximate surface area is 141 Å². The number of anilines is 1. The van der Waals surface area contributed by atoms with Crippen molar-refractivity contribution in [2.45, 2.75) is 6.54 Å². The normalized spacial score (nSPS) is 10.3. The Morgan fingerprint density at radius 1 is 1.05 bits per heavy atom. The van der Waals surface area contributed by atoms with Gasteiger partial charge in [0.05, 0.1) is 10.0 Å². The van der Waals surface area contributed by atoms with E-state index in [0.29, 0.717) is 21.5 Å². The molecular formula is C15H17Cl3N2O. The number of nitrogen functional groups attached to an aromatic ring is 1. The third kappa shape index (κ3) is 4.97. The molecular weight excluding hydrogens is 331 g/mol. The van der Waals surface area contributed by atoms with Gasteiger partial charge in [-0.25, -0.2) is 0 Å². The van der Waals surface area contributed by atoms with E-state index >= 15 is 0 Å². The van der Waals surface area contributed by atoms with Gasteiger partial charge in [0.2, 0.25) is 0 Å². The van der Waals surface area contributed by atoms with Crippen LogP contribution < -0.4 is 10.5 Å². The van der Waals surface area contributed by atoms with Crippen molar-refractivity contribution in [1.29, 1.82) is 0 Å². The average Bonchev–Trinajstić information content (AvgIpc) is 2.36. The lowest BCUT2D eigenvalue weighted by Gasteiger charge is -2.15. The Kier molecular flexibility index (Phi) is 6.62. The summed E-state index contributed by atoms with van der Waals surface area (Å²) in [6, 6.07) is 10.8. The van der Waals surface area contributed by atoms with Crippen LogP contribution in [0.5, 0.6) is 11.5 Å². The number of nitrogens with two attached hydrogens (primary N) is 1. The first kappa shape index (κ1) is 17.9. The van der Waals surface area contributed by atoms with E-state index in [1.54, 1.807) is 18.2 Å². The van der Waals surface area contributed by atoms with Crippen molar-refractivity contribution < 1.29 is 4.74 Å². The van der Waals surface area contributed by atoms with Crippen LogP contribution in [0.3, 0.4) is 0 Å². The molecule has 2 N–H and O–H groups in total. The molecule has 2 aromatic rings. The molecule has 0 heterocycles. The second-order valence-electron chi connectivity index (χ2n) is 4.78. The molecule has 0 saturated heterocycles. The molecule has 0 amide bonds. The van der Waals surface area contributed by atoms with Crippen LogP contribution >= 0.6 is 35.6 Å². The fourth-order valence-corrected chi connectivity index (χ4v) is 2.12. The minimum absolute atomic E-state index is 0. The number of benzene rings is 2. The molecule has 0 aliphatic heterocycles. The predicted molar refractivity (Wildman–Crippen MR) is 92.0 cm³/mol. The van der Waals surface area contributed by atoms with E-state index in [0.717, 1.165) is 17.9 Å². The summed E-state index contributed by atoms with van der Waals surface area (Å²) in [5.74, 6) is 1.40. The first-order valence-electron chi connectivity index (χ1n) is 6.12. The summed E-state index contributed by atoms with van der Waals surface area (Å²) in [7, 11) is 3.98. The molecule has 21 heavy (non-hydrogen) atoms. The SMILES string of the molecule is CN(C)Cc1cc(N)ccc1Oc1ccc(Cl)c(Cl)c1.Cl. The quantitative estimate of drug-likeness (QED) is 0.803. The van der Waals surface area contributed by atoms with Crippen LogP contribution in [0.25, 0.3) is 0 Å². The van der Waals surface area contributed by atoms with Gasteiger partial charge in [-0.2, -0.15) is 0 Å². The fourth-order valence-electron chi connectivity index (χ4n) is 1.83. The van der Waals surface area contributed by atoms with Gasteiger partial charge in [0.25, 0.3) is 0 Å². The van der Waals surface area contributed by atoms with Crippen LogP contribution in [0.4, 0.5) is 5.69 Å². The Bertz CT molecular complexity index is 618. The zero-order valence-corrected chi connectivity index (χ0v) is 14.1. The molecule has 0 aliphatic rings. The maximum absolute atomic E-state index is 5.99. The van der Waals surface area contributed by atoms with Crippen molar-refractivity contribution in [2.24, 2.45) is 0 Å². The summed E-state index contributed by atoms with van der Waals surface area (Å²) >= 11 is 11.9. The lowest BCUT2D eigenvalue weighted by atomic mass is 10.1. The summed E-state index contributed by atoms with van der Waals surface area (Å²) < 4.78 is 5.88. The van der Waals surface area contributed by atoms with Gasteiger partial charge in [0, 0.05) is 23.9 Å². The standard InChI is InChI=1S/C15H16Cl2N2O.ClH/c1-19(2)9-10-7-11(18)3-6-15(10)20-12-4-5-13(16)14(17)8-12;/h3-8H,9,18H2,1-2H3;1H. The smallest absolute Gasteiger partial charge is 0.132 e. The van der Waals surface area contributed by atoms with Crippen LogP contribution in [0, 0.1) is 0 Å². The Morgan fingerprint density at radius 3 is 2.38 bits per heavy atom. The second kappa shape index (κ2) is 7.76. The van der Waals surface area contributed by atoms with Crippen molar-refractivity contribution in [2.75, 3.05) is 19.8 Å². The van der Waals surface area contributed by atoms with Gasteiger partial charge in [-0.15, -0.1) is 12.4 Å². The number of hydrogen-bond acceptors (Lipinski definition) is 3. The van der Waals surface area contributed by atoms with Crippen molar-refractivity contribution in [3.63, 3.8) is 0 Å². The summed E-state index contributed by atoms with van der Waals surface area (Å²) in [4.78, 5) is 2.05. The molecule has 0 radical (unpaired) electrons. The van der Waals surface area contributed by atoms with Crippen molar-refractivity contribution >= 4 is 41.3 Å². The van der Waals surface area contributed by atoms with E-state index in [-0.39, 0.29) is 12.4 Å². The lowest BCUT2D eigenvalue weighted by Crippen LogP contribution is -2.11. The van der Waals surface area contributed by atoms with Gasteiger partial charge >= 0.3 is 0 Å². The summed E-state index contributed by atoms with van der Waals surface area (Å²) in [5, 5.41) is 0.971. The minimum atomic E-state index is 0. The van der Waals surface area contributed by atoms with Crippen molar-refractivity contribution in [3.05, 3.63) is 52.0 Å². The molecule has 0 fully saturated rings. The third-order valence-corrected chi connectivity index (χ3v) is 3.43. The van der Waals surface area contributed by atoms with Gasteiger partial charge in [0.15, 0.2) is 0 Å². The van der Waals surface area contributed by atoms with E-state index in [1.165, 1.54) is 0 Å². The van der Waals surface area contributed by atoms with Crippen LogP contribution in [-0.2, 0) is 6.54 Å². The lowest BCUT2D eigenvalue weighted by molar-refractivity contribution is 0.389. The molecule has 114 valence electrons. The monoisotopic (exact) mass is 346 g/mol. The van der Waals surface area contributed by atoms with Gasteiger partial charge in [-0.1, -0.05) is 23.2 Å². The maximum atomic E-state index is 5.99. The number of hydrogen-bond donors (Lipinski definition) is 1. The predicted octanol–water partition coefficient (Wildman–Crippen LogP) is 4.85. The second-order valence-corrected chi connectivity index (χ2v) is 5.60. The van der Waals surface area contributed by atoms with Crippen LogP contribution in [0.2, 0.25) is 10.0 Å². The highest BCUT2D eigenvalue weighted by atomic mass is 35.5. The molecule has 0 saturated carbocycles. The number of rotatable bonds is 4. The molecule has 0 aromatic heterocycles. The number of ether oxygens (including phenoxy) is 1. The fraction of sp³-hybridized carbons (Fsp3) is 0.200. The third-order valence-electron chi connectivity index (χ3n) is 2.69. The van der Waals surface area contributed by atoms with Crippen LogP contribution in [0.15, 0.2) is 36.4 Å². The van der Waals surface area contributed by atoms with E-state index in [1.807, 2.05) is 32.3 Å². The van der Waals surface area contributed by atoms with Crippen LogP contribution in [0.1, 0.15) is 5.56 Å². The Morgan fingerprint density at radius 2 is 1.76 bits per heavy atom. The highest BCUT2D eigenvalue weighted by Gasteiger charge is 2.08. The molecule has 2 rings (SSSR count). The van der Waals surface area contributed by atoms with Crippen molar-refractivity contribution in [3.8, 4) is 11.5 Å². The summed E-state index contributed by atoms with van der Waals surface area (Å²) in [6.07, 6.45) is 0. The van der Waals surface area contributed by atoms with Gasteiger partial charge in [0.1, 0.15) is 11.5 Å². The first-order valence-corrected chi connectivity index (χ1v) is 6.87. The summed E-state index contributed by atoms with van der Waals surface area (Å²) in [6.45, 7) is 0.738. The summed E-state index contributed by atoms with van der Waals surface area (Å²) in [5.41, 5.74) is 7.55. The molecule has 0 aliphatic carbocycles. The Hall–Kier alpha value is -1.13. The highest BCUT2D eigenvalue weighted by molar-refractivity contribution is 6.42. The largest absolute Gasteiger partial charge is 0.457 e. The highest BCUT2D eigenvalue weighted by Crippen LogP contribution is 2.32. The van der Waals surface area contributed by atoms with Gasteiger partial charge in [-0.05, 0) is 44.4 Å². The van der Waals surface area contributed by atoms with E-state index in [4.69, 9.17) is 33.7 Å². The molecule has 0 unspecified atom stereocenters. The van der Waals surface area contributed by atoms with Gasteiger partial charge in [-0.3, -0.25) is 0 Å². The average molecular weight is 348 g/mol. The minimum Gasteiger partial charge on any atom is -0.457 e. The van der Waals surface area contributed by atoms with E-state index < -0.39 is 0 Å². The maximum Gasteiger partial charge on any atom is 0.132 e. The molecule has 6 heteroatoms. The Balaban J connectivity index is 0.00000220. The number of halogens is 3. The molecule has 0 atom stereocenters. The topological polar surface area (TPSA) is 38.5 Å². The van der Waals surface area contributed by atoms with Crippen LogP contribution in [-0.4, -0.2) is 19.0 Å².